The lowest BCUT2D eigenvalue weighted by Crippen LogP contribution is -2.35. The van der Waals surface area contributed by atoms with E-state index in [2.05, 4.69) is 24.4 Å². The van der Waals surface area contributed by atoms with E-state index in [1.165, 1.54) is 44.9 Å². The van der Waals surface area contributed by atoms with Crippen LogP contribution in [0.2, 0.25) is 0 Å². The summed E-state index contributed by atoms with van der Waals surface area (Å²) in [4.78, 5) is 11.8. The molecule has 0 aliphatic heterocycles. The van der Waals surface area contributed by atoms with Gasteiger partial charge in [-0.25, -0.2) is 5.43 Å². The van der Waals surface area contributed by atoms with Crippen molar-refractivity contribution in [1.82, 2.24) is 5.43 Å². The number of carbonyl (C=O) groups is 1. The summed E-state index contributed by atoms with van der Waals surface area (Å²) in [6.07, 6.45) is 13.5. The minimum absolute atomic E-state index is 0.0822. The molecule has 0 aromatic carbocycles. The van der Waals surface area contributed by atoms with Gasteiger partial charge in [-0.1, -0.05) is 51.9 Å². The number of fused-ring (bicyclic) bond motifs is 1. The van der Waals surface area contributed by atoms with Gasteiger partial charge in [-0.2, -0.15) is 5.10 Å². The van der Waals surface area contributed by atoms with Crippen molar-refractivity contribution in [3.05, 3.63) is 0 Å². The van der Waals surface area contributed by atoms with Crippen molar-refractivity contribution in [3.8, 4) is 0 Å². The second kappa shape index (κ2) is 8.55. The van der Waals surface area contributed by atoms with Crippen LogP contribution >= 0.6 is 0 Å². The molecule has 1 N–H and O–H groups in total. The van der Waals surface area contributed by atoms with Gasteiger partial charge < -0.3 is 0 Å². The maximum Gasteiger partial charge on any atom is 0.240 e. The zero-order valence-electron chi connectivity index (χ0n) is 13.9. The first-order valence-electron chi connectivity index (χ1n) is 9.05. The van der Waals surface area contributed by atoms with Crippen molar-refractivity contribution >= 4 is 11.6 Å². The maximum absolute atomic E-state index is 11.8. The molecule has 2 aliphatic carbocycles. The third-order valence-corrected chi connectivity index (χ3v) is 5.48. The number of hydrogen-bond donors (Lipinski definition) is 1. The number of rotatable bonds is 6. The van der Waals surface area contributed by atoms with E-state index >= 15 is 0 Å². The molecule has 1 amide bonds. The molecule has 0 aromatic rings. The second-order valence-electron chi connectivity index (χ2n) is 6.99. The van der Waals surface area contributed by atoms with Gasteiger partial charge in [0.25, 0.3) is 0 Å². The molecule has 3 unspecified atom stereocenters. The van der Waals surface area contributed by atoms with Gasteiger partial charge in [-0.15, -0.1) is 0 Å². The Balaban J connectivity index is 1.84. The number of unbranched alkanes of at least 4 members (excludes halogenated alkanes) is 2. The highest BCUT2D eigenvalue weighted by molar-refractivity contribution is 5.86. The number of nitrogens with one attached hydrogen (secondary N) is 1. The van der Waals surface area contributed by atoms with Crippen molar-refractivity contribution in [2.75, 3.05) is 0 Å². The van der Waals surface area contributed by atoms with E-state index in [1.54, 1.807) is 0 Å². The van der Waals surface area contributed by atoms with Crippen LogP contribution in [0.25, 0.3) is 0 Å². The third-order valence-electron chi connectivity index (χ3n) is 5.48. The molecule has 3 heteroatoms. The quantitative estimate of drug-likeness (QED) is 0.431. The Morgan fingerprint density at radius 1 is 1.10 bits per heavy atom. The molecule has 2 fully saturated rings. The Kier molecular flexibility index (Phi) is 6.72. The van der Waals surface area contributed by atoms with Crippen molar-refractivity contribution in [1.29, 1.82) is 0 Å². The lowest BCUT2D eigenvalue weighted by atomic mass is 9.64. The highest BCUT2D eigenvalue weighted by Crippen LogP contribution is 2.44. The minimum atomic E-state index is 0.0822. The topological polar surface area (TPSA) is 41.5 Å². The van der Waals surface area contributed by atoms with Gasteiger partial charge in [0.1, 0.15) is 0 Å². The summed E-state index contributed by atoms with van der Waals surface area (Å²) in [5, 5.41) is 4.43. The summed E-state index contributed by atoms with van der Waals surface area (Å²) >= 11 is 0. The summed E-state index contributed by atoms with van der Waals surface area (Å²) in [6, 6.07) is 0. The van der Waals surface area contributed by atoms with Gasteiger partial charge in [-0.05, 0) is 38.0 Å². The average molecular weight is 292 g/mol. The Bertz CT molecular complexity index is 362. The zero-order chi connectivity index (χ0) is 15.1. The van der Waals surface area contributed by atoms with E-state index in [9.17, 15) is 4.79 Å². The molecule has 0 spiro atoms. The Morgan fingerprint density at radius 2 is 1.86 bits per heavy atom. The number of carbonyl (C=O) groups excluding carboxylic acids is 1. The van der Waals surface area contributed by atoms with Crippen molar-refractivity contribution in [3.63, 3.8) is 0 Å². The SMILES string of the molecule is CCCCCC(=O)N/N=C(\C)C1CCCC2CCCCC21. The van der Waals surface area contributed by atoms with Crippen LogP contribution in [0, 0.1) is 17.8 Å². The fourth-order valence-corrected chi connectivity index (χ4v) is 4.28. The molecule has 0 aromatic heterocycles. The van der Waals surface area contributed by atoms with Gasteiger partial charge in [0.05, 0.1) is 0 Å². The third kappa shape index (κ3) is 4.82. The first kappa shape index (κ1) is 16.5. The van der Waals surface area contributed by atoms with E-state index < -0.39 is 0 Å². The van der Waals surface area contributed by atoms with Crippen LogP contribution in [-0.4, -0.2) is 11.6 Å². The molecule has 3 nitrogen and oxygen atoms in total. The Morgan fingerprint density at radius 3 is 2.67 bits per heavy atom. The number of hydrazone groups is 1. The first-order valence-corrected chi connectivity index (χ1v) is 9.05. The van der Waals surface area contributed by atoms with Crippen molar-refractivity contribution < 1.29 is 4.79 Å². The lowest BCUT2D eigenvalue weighted by Gasteiger charge is -2.41. The fraction of sp³-hybridized carbons (Fsp3) is 0.889. The van der Waals surface area contributed by atoms with E-state index in [-0.39, 0.29) is 5.91 Å². The molecule has 0 bridgehead atoms. The summed E-state index contributed by atoms with van der Waals surface area (Å²) < 4.78 is 0. The van der Waals surface area contributed by atoms with Crippen LogP contribution in [0.4, 0.5) is 0 Å². The summed E-state index contributed by atoms with van der Waals surface area (Å²) in [5.74, 6) is 2.44. The molecule has 0 radical (unpaired) electrons. The second-order valence-corrected chi connectivity index (χ2v) is 6.99. The molecule has 2 aliphatic rings. The highest BCUT2D eigenvalue weighted by Gasteiger charge is 2.36. The van der Waals surface area contributed by atoms with E-state index in [0.717, 1.165) is 36.8 Å². The molecule has 120 valence electrons. The Labute approximate surface area is 130 Å². The van der Waals surface area contributed by atoms with Gasteiger partial charge in [0.15, 0.2) is 0 Å². The zero-order valence-corrected chi connectivity index (χ0v) is 13.9. The van der Waals surface area contributed by atoms with Gasteiger partial charge in [-0.3, -0.25) is 4.79 Å². The molecular formula is C18H32N2O. The summed E-state index contributed by atoms with van der Waals surface area (Å²) in [6.45, 7) is 4.28. The molecule has 3 atom stereocenters. The summed E-state index contributed by atoms with van der Waals surface area (Å²) in [7, 11) is 0. The van der Waals surface area contributed by atoms with E-state index in [0.29, 0.717) is 12.3 Å². The monoisotopic (exact) mass is 292 g/mol. The van der Waals surface area contributed by atoms with E-state index in [4.69, 9.17) is 0 Å². The normalized spacial score (nSPS) is 29.8. The molecular weight excluding hydrogens is 260 g/mol. The fourth-order valence-electron chi connectivity index (χ4n) is 4.28. The first-order chi connectivity index (χ1) is 10.2. The van der Waals surface area contributed by atoms with Crippen molar-refractivity contribution in [2.45, 2.75) is 84.5 Å². The lowest BCUT2D eigenvalue weighted by molar-refractivity contribution is -0.121. The van der Waals surface area contributed by atoms with Crippen LogP contribution in [-0.2, 0) is 4.79 Å². The van der Waals surface area contributed by atoms with Gasteiger partial charge in [0, 0.05) is 18.1 Å². The van der Waals surface area contributed by atoms with Crippen LogP contribution in [0.1, 0.15) is 84.5 Å². The summed E-state index contributed by atoms with van der Waals surface area (Å²) in [5.41, 5.74) is 3.95. The molecule has 0 saturated heterocycles. The van der Waals surface area contributed by atoms with Crippen LogP contribution in [0.5, 0.6) is 0 Å². The minimum Gasteiger partial charge on any atom is -0.273 e. The average Bonchev–Trinajstić information content (AvgIpc) is 2.52. The number of hydrogen-bond acceptors (Lipinski definition) is 2. The molecule has 2 saturated carbocycles. The van der Waals surface area contributed by atoms with Crippen LogP contribution < -0.4 is 5.43 Å². The predicted molar refractivity (Wildman–Crippen MR) is 88.2 cm³/mol. The highest BCUT2D eigenvalue weighted by atomic mass is 16.2. The van der Waals surface area contributed by atoms with Gasteiger partial charge >= 0.3 is 0 Å². The maximum atomic E-state index is 11.8. The Hall–Kier alpha value is -0.860. The molecule has 0 heterocycles. The number of amides is 1. The predicted octanol–water partition coefficient (Wildman–Crippen LogP) is 4.67. The van der Waals surface area contributed by atoms with E-state index in [1.807, 2.05) is 0 Å². The van der Waals surface area contributed by atoms with Crippen molar-refractivity contribution in [2.24, 2.45) is 22.9 Å². The van der Waals surface area contributed by atoms with Crippen LogP contribution in [0.15, 0.2) is 5.10 Å². The molecule has 2 rings (SSSR count). The number of nitrogens with zero attached hydrogens (tertiary/aromatic N) is 1. The standard InChI is InChI=1S/C18H32N2O/c1-3-4-5-13-18(21)20-19-14(2)16-12-8-10-15-9-6-7-11-17(15)16/h15-17H,3-13H2,1-2H3,(H,20,21)/b19-14+. The smallest absolute Gasteiger partial charge is 0.240 e. The van der Waals surface area contributed by atoms with Crippen LogP contribution in [0.3, 0.4) is 0 Å². The van der Waals surface area contributed by atoms with Gasteiger partial charge in [0.2, 0.25) is 5.91 Å². The molecule has 21 heavy (non-hydrogen) atoms. The largest absolute Gasteiger partial charge is 0.273 e.